The SMILES string of the molecule is COc1ccc(CNC(=O)C2CCCN(c3nccnc3Sc3cccc(C)c3)C2)c(OC)c1. The average molecular weight is 479 g/mol. The van der Waals surface area contributed by atoms with Crippen LogP contribution in [0.4, 0.5) is 5.82 Å². The standard InChI is InChI=1S/C26H30N4O3S/c1-18-6-4-8-22(14-18)34-26-24(27-11-12-28-26)30-13-5-7-20(17-30)25(31)29-16-19-9-10-21(32-2)15-23(19)33-3/h4,6,8-12,14-15,20H,5,7,13,16-17H2,1-3H3,(H,29,31). The van der Waals surface area contributed by atoms with E-state index in [0.717, 1.165) is 46.4 Å². The maximum Gasteiger partial charge on any atom is 0.225 e. The molecule has 0 radical (unpaired) electrons. The van der Waals surface area contributed by atoms with Crippen molar-refractivity contribution in [3.05, 3.63) is 66.0 Å². The molecule has 0 spiro atoms. The number of ether oxygens (including phenoxy) is 2. The number of hydrogen-bond acceptors (Lipinski definition) is 7. The van der Waals surface area contributed by atoms with Crippen LogP contribution in [0.25, 0.3) is 0 Å². The molecule has 2 heterocycles. The van der Waals surface area contributed by atoms with Crippen LogP contribution >= 0.6 is 11.8 Å². The zero-order valence-corrected chi connectivity index (χ0v) is 20.6. The number of rotatable bonds is 8. The number of aryl methyl sites for hydroxylation is 1. The number of hydrogen-bond donors (Lipinski definition) is 1. The molecular formula is C26H30N4O3S. The van der Waals surface area contributed by atoms with Gasteiger partial charge in [0.1, 0.15) is 16.5 Å². The molecule has 0 aliphatic carbocycles. The first kappa shape index (κ1) is 23.9. The van der Waals surface area contributed by atoms with Gasteiger partial charge in [0, 0.05) is 48.6 Å². The van der Waals surface area contributed by atoms with E-state index in [4.69, 9.17) is 9.47 Å². The van der Waals surface area contributed by atoms with Gasteiger partial charge in [0.25, 0.3) is 0 Å². The Morgan fingerprint density at radius 1 is 1.15 bits per heavy atom. The molecule has 0 bridgehead atoms. The Hall–Kier alpha value is -3.26. The molecule has 34 heavy (non-hydrogen) atoms. The molecule has 1 amide bonds. The Bertz CT molecular complexity index is 1140. The van der Waals surface area contributed by atoms with Crippen LogP contribution in [-0.4, -0.2) is 43.2 Å². The maximum absolute atomic E-state index is 13.0. The van der Waals surface area contributed by atoms with Gasteiger partial charge in [0.15, 0.2) is 5.82 Å². The molecule has 8 heteroatoms. The van der Waals surface area contributed by atoms with Crippen molar-refractivity contribution in [2.45, 2.75) is 36.2 Å². The van der Waals surface area contributed by atoms with Crippen LogP contribution in [0.15, 0.2) is 64.8 Å². The van der Waals surface area contributed by atoms with Gasteiger partial charge in [-0.15, -0.1) is 0 Å². The van der Waals surface area contributed by atoms with E-state index >= 15 is 0 Å². The van der Waals surface area contributed by atoms with Gasteiger partial charge in [0.2, 0.25) is 5.91 Å². The van der Waals surface area contributed by atoms with Gasteiger partial charge < -0.3 is 19.7 Å². The highest BCUT2D eigenvalue weighted by Crippen LogP contribution is 2.34. The normalized spacial score (nSPS) is 15.6. The lowest BCUT2D eigenvalue weighted by Gasteiger charge is -2.33. The van der Waals surface area contributed by atoms with Crippen LogP contribution in [0.2, 0.25) is 0 Å². The third-order valence-corrected chi connectivity index (χ3v) is 6.86. The largest absolute Gasteiger partial charge is 0.497 e. The lowest BCUT2D eigenvalue weighted by molar-refractivity contribution is -0.125. The van der Waals surface area contributed by atoms with Crippen molar-refractivity contribution in [2.24, 2.45) is 5.92 Å². The second kappa shape index (κ2) is 11.2. The lowest BCUT2D eigenvalue weighted by Crippen LogP contribution is -2.43. The second-order valence-electron chi connectivity index (χ2n) is 8.28. The van der Waals surface area contributed by atoms with Gasteiger partial charge in [0.05, 0.1) is 20.1 Å². The molecule has 3 aromatic rings. The van der Waals surface area contributed by atoms with E-state index in [2.05, 4.69) is 45.3 Å². The molecule has 1 N–H and O–H groups in total. The van der Waals surface area contributed by atoms with Crippen LogP contribution < -0.4 is 19.7 Å². The fourth-order valence-corrected chi connectivity index (χ4v) is 5.11. The second-order valence-corrected chi connectivity index (χ2v) is 9.35. The number of methoxy groups -OCH3 is 2. The van der Waals surface area contributed by atoms with E-state index in [1.54, 1.807) is 38.4 Å². The van der Waals surface area contributed by atoms with E-state index in [1.165, 1.54) is 5.56 Å². The number of nitrogens with zero attached hydrogens (tertiary/aromatic N) is 3. The predicted octanol–water partition coefficient (Wildman–Crippen LogP) is 4.49. The summed E-state index contributed by atoms with van der Waals surface area (Å²) in [4.78, 5) is 25.6. The van der Waals surface area contributed by atoms with E-state index in [1.807, 2.05) is 24.3 Å². The van der Waals surface area contributed by atoms with Crippen LogP contribution in [0.5, 0.6) is 11.5 Å². The number of nitrogens with one attached hydrogen (secondary N) is 1. The zero-order valence-electron chi connectivity index (χ0n) is 19.8. The van der Waals surface area contributed by atoms with Crippen molar-refractivity contribution in [3.8, 4) is 11.5 Å². The fourth-order valence-electron chi connectivity index (χ4n) is 4.11. The van der Waals surface area contributed by atoms with Gasteiger partial charge >= 0.3 is 0 Å². The first-order valence-corrected chi connectivity index (χ1v) is 12.2. The minimum absolute atomic E-state index is 0.0411. The predicted molar refractivity (Wildman–Crippen MR) is 134 cm³/mol. The molecular weight excluding hydrogens is 448 g/mol. The van der Waals surface area contributed by atoms with Gasteiger partial charge in [-0.25, -0.2) is 9.97 Å². The Morgan fingerprint density at radius 3 is 2.79 bits per heavy atom. The van der Waals surface area contributed by atoms with Crippen molar-refractivity contribution < 1.29 is 14.3 Å². The van der Waals surface area contributed by atoms with E-state index < -0.39 is 0 Å². The molecule has 1 aliphatic heterocycles. The van der Waals surface area contributed by atoms with Crippen LogP contribution in [0.1, 0.15) is 24.0 Å². The summed E-state index contributed by atoms with van der Waals surface area (Å²) in [7, 11) is 3.24. The summed E-state index contributed by atoms with van der Waals surface area (Å²) >= 11 is 1.61. The molecule has 2 aromatic carbocycles. The molecule has 0 saturated carbocycles. The van der Waals surface area contributed by atoms with Gasteiger partial charge in [-0.1, -0.05) is 29.5 Å². The zero-order chi connectivity index (χ0) is 23.9. The Balaban J connectivity index is 1.42. The van der Waals surface area contributed by atoms with Gasteiger partial charge in [-0.05, 0) is 44.0 Å². The minimum Gasteiger partial charge on any atom is -0.497 e. The first-order valence-electron chi connectivity index (χ1n) is 11.4. The highest BCUT2D eigenvalue weighted by molar-refractivity contribution is 7.99. The third-order valence-electron chi connectivity index (χ3n) is 5.89. The number of anilines is 1. The summed E-state index contributed by atoms with van der Waals surface area (Å²) in [5.41, 5.74) is 2.12. The minimum atomic E-state index is -0.114. The average Bonchev–Trinajstić information content (AvgIpc) is 2.87. The molecule has 1 aliphatic rings. The van der Waals surface area contributed by atoms with Gasteiger partial charge in [-0.3, -0.25) is 4.79 Å². The van der Waals surface area contributed by atoms with Crippen molar-refractivity contribution in [1.29, 1.82) is 0 Å². The molecule has 4 rings (SSSR count). The van der Waals surface area contributed by atoms with Crippen molar-refractivity contribution in [2.75, 3.05) is 32.2 Å². The number of amides is 1. The fraction of sp³-hybridized carbons (Fsp3) is 0.346. The molecule has 1 saturated heterocycles. The van der Waals surface area contributed by atoms with Crippen LogP contribution in [0.3, 0.4) is 0 Å². The van der Waals surface area contributed by atoms with Crippen molar-refractivity contribution >= 4 is 23.5 Å². The molecule has 1 fully saturated rings. The highest BCUT2D eigenvalue weighted by atomic mass is 32.2. The molecule has 1 atom stereocenters. The van der Waals surface area contributed by atoms with E-state index in [0.29, 0.717) is 18.8 Å². The summed E-state index contributed by atoms with van der Waals surface area (Å²) in [6.07, 6.45) is 5.21. The maximum atomic E-state index is 13.0. The summed E-state index contributed by atoms with van der Waals surface area (Å²) in [5.74, 6) is 2.18. The summed E-state index contributed by atoms with van der Waals surface area (Å²) < 4.78 is 10.7. The number of piperidine rings is 1. The number of aromatic nitrogens is 2. The summed E-state index contributed by atoms with van der Waals surface area (Å²) in [6.45, 7) is 3.96. The monoisotopic (exact) mass is 478 g/mol. The van der Waals surface area contributed by atoms with Crippen LogP contribution in [0, 0.1) is 12.8 Å². The number of benzene rings is 2. The lowest BCUT2D eigenvalue weighted by atomic mass is 9.97. The van der Waals surface area contributed by atoms with Crippen molar-refractivity contribution in [1.82, 2.24) is 15.3 Å². The van der Waals surface area contributed by atoms with E-state index in [-0.39, 0.29) is 11.8 Å². The summed E-state index contributed by atoms with van der Waals surface area (Å²) in [5, 5.41) is 3.94. The van der Waals surface area contributed by atoms with Crippen LogP contribution in [-0.2, 0) is 11.3 Å². The number of carbonyl (C=O) groups excluding carboxylic acids is 1. The molecule has 1 aromatic heterocycles. The molecule has 7 nitrogen and oxygen atoms in total. The topological polar surface area (TPSA) is 76.6 Å². The number of carbonyl (C=O) groups is 1. The van der Waals surface area contributed by atoms with E-state index in [9.17, 15) is 4.79 Å². The Morgan fingerprint density at radius 2 is 2.00 bits per heavy atom. The Labute approximate surface area is 204 Å². The third kappa shape index (κ3) is 5.80. The molecule has 178 valence electrons. The summed E-state index contributed by atoms with van der Waals surface area (Å²) in [6, 6.07) is 14.0. The smallest absolute Gasteiger partial charge is 0.225 e. The Kier molecular flexibility index (Phi) is 7.90. The first-order chi connectivity index (χ1) is 16.6. The highest BCUT2D eigenvalue weighted by Gasteiger charge is 2.28. The quantitative estimate of drug-likeness (QED) is 0.511. The van der Waals surface area contributed by atoms with Crippen molar-refractivity contribution in [3.63, 3.8) is 0 Å². The van der Waals surface area contributed by atoms with Gasteiger partial charge in [-0.2, -0.15) is 0 Å². The molecule has 1 unspecified atom stereocenters.